The second kappa shape index (κ2) is 6.12. The predicted octanol–water partition coefficient (Wildman–Crippen LogP) is 0.00882. The number of carboxylic acids is 1. The van der Waals surface area contributed by atoms with Gasteiger partial charge in [0.05, 0.1) is 4.92 Å². The Balaban J connectivity index is 1.85. The lowest BCUT2D eigenvalue weighted by Gasteiger charge is -2.49. The molecule has 26 heavy (non-hydrogen) atoms. The number of fused-ring (bicyclic) bond motifs is 1. The number of amides is 2. The van der Waals surface area contributed by atoms with Crippen LogP contribution in [0, 0.1) is 17.0 Å². The van der Waals surface area contributed by atoms with E-state index in [4.69, 9.17) is 0 Å². The van der Waals surface area contributed by atoms with E-state index in [0.29, 0.717) is 11.3 Å². The zero-order chi connectivity index (χ0) is 19.3. The van der Waals surface area contributed by atoms with Crippen molar-refractivity contribution >= 4 is 35.2 Å². The van der Waals surface area contributed by atoms with Gasteiger partial charge < -0.3 is 10.4 Å². The fourth-order valence-corrected chi connectivity index (χ4v) is 4.40. The number of aliphatic carboxylic acids is 1. The van der Waals surface area contributed by atoms with Crippen LogP contribution in [0.1, 0.15) is 23.1 Å². The number of nitrogens with one attached hydrogen (secondary N) is 1. The first-order valence-corrected chi connectivity index (χ1v) is 8.56. The third-order valence-corrected chi connectivity index (χ3v) is 5.66. The van der Waals surface area contributed by atoms with Crippen molar-refractivity contribution in [3.8, 4) is 0 Å². The number of β-lactam (4-membered cyclic amide) rings is 1. The van der Waals surface area contributed by atoms with Crippen LogP contribution in [0.15, 0.2) is 11.3 Å². The van der Waals surface area contributed by atoms with Gasteiger partial charge in [-0.15, -0.1) is 11.8 Å². The van der Waals surface area contributed by atoms with E-state index in [9.17, 15) is 29.6 Å². The number of hydrogen-bond donors (Lipinski definition) is 2. The molecule has 138 valence electrons. The van der Waals surface area contributed by atoms with Crippen LogP contribution < -0.4 is 5.32 Å². The standard InChI is InChI=1S/C14H15N5O6S/c1-5-4-26-13-7(12(21)18(13)8(5)14(22)23)15-11(20)10-9(19(24)25)6(2)16-17(10)3/h7,13H,4H2,1-3H3,(H,15,20)(H,22,23)/t7-,13-/m0/s1. The van der Waals surface area contributed by atoms with Gasteiger partial charge in [0.25, 0.3) is 11.8 Å². The summed E-state index contributed by atoms with van der Waals surface area (Å²) in [7, 11) is 1.40. The van der Waals surface area contributed by atoms with Crippen LogP contribution in [0.25, 0.3) is 0 Å². The molecule has 3 heterocycles. The first-order chi connectivity index (χ1) is 12.1. The molecule has 2 aliphatic rings. The number of carbonyl (C=O) groups excluding carboxylic acids is 2. The highest BCUT2D eigenvalue weighted by molar-refractivity contribution is 8.00. The Hall–Kier alpha value is -2.89. The second-order valence-electron chi connectivity index (χ2n) is 5.96. The maximum atomic E-state index is 12.5. The molecule has 1 saturated heterocycles. The summed E-state index contributed by atoms with van der Waals surface area (Å²) in [6, 6.07) is -0.954. The Kier molecular flexibility index (Phi) is 4.22. The zero-order valence-electron chi connectivity index (χ0n) is 14.0. The molecule has 2 aliphatic heterocycles. The average Bonchev–Trinajstić information content (AvgIpc) is 2.86. The molecular formula is C14H15N5O6S. The highest BCUT2D eigenvalue weighted by Gasteiger charge is 2.54. The van der Waals surface area contributed by atoms with Gasteiger partial charge in [0, 0.05) is 12.8 Å². The summed E-state index contributed by atoms with van der Waals surface area (Å²) < 4.78 is 1.09. The predicted molar refractivity (Wildman–Crippen MR) is 89.3 cm³/mol. The summed E-state index contributed by atoms with van der Waals surface area (Å²) >= 11 is 1.32. The van der Waals surface area contributed by atoms with Crippen molar-refractivity contribution in [3.63, 3.8) is 0 Å². The molecule has 1 aromatic heterocycles. The normalized spacial score (nSPS) is 22.0. The van der Waals surface area contributed by atoms with Crippen molar-refractivity contribution in [1.82, 2.24) is 20.0 Å². The van der Waals surface area contributed by atoms with Gasteiger partial charge in [-0.3, -0.25) is 29.3 Å². The Morgan fingerprint density at radius 2 is 2.08 bits per heavy atom. The third-order valence-electron chi connectivity index (χ3n) is 4.24. The number of nitro groups is 1. The summed E-state index contributed by atoms with van der Waals surface area (Å²) in [5, 5.41) is 26.3. The molecule has 0 saturated carbocycles. The molecule has 0 spiro atoms. The molecule has 3 rings (SSSR count). The summed E-state index contributed by atoms with van der Waals surface area (Å²) in [5.41, 5.74) is -0.110. The maximum Gasteiger partial charge on any atom is 0.352 e. The number of carboxylic acid groups (broad SMARTS) is 1. The van der Waals surface area contributed by atoms with Gasteiger partial charge >= 0.3 is 11.7 Å². The van der Waals surface area contributed by atoms with Crippen molar-refractivity contribution in [1.29, 1.82) is 0 Å². The van der Waals surface area contributed by atoms with Crippen LogP contribution >= 0.6 is 11.8 Å². The number of aromatic nitrogens is 2. The average molecular weight is 381 g/mol. The number of thioether (sulfide) groups is 1. The van der Waals surface area contributed by atoms with E-state index >= 15 is 0 Å². The molecule has 2 amide bonds. The summed E-state index contributed by atoms with van der Waals surface area (Å²) in [6.07, 6.45) is 0. The first kappa shape index (κ1) is 17.9. The molecule has 2 N–H and O–H groups in total. The molecule has 0 aromatic carbocycles. The van der Waals surface area contributed by atoms with Crippen molar-refractivity contribution in [2.24, 2.45) is 7.05 Å². The van der Waals surface area contributed by atoms with E-state index in [1.54, 1.807) is 6.92 Å². The molecule has 1 fully saturated rings. The molecule has 2 atom stereocenters. The minimum absolute atomic E-state index is 0.0772. The zero-order valence-corrected chi connectivity index (χ0v) is 14.9. The van der Waals surface area contributed by atoms with Crippen LogP contribution in [-0.4, -0.2) is 59.7 Å². The Morgan fingerprint density at radius 3 is 2.65 bits per heavy atom. The number of hydrogen-bond acceptors (Lipinski definition) is 7. The monoisotopic (exact) mass is 381 g/mol. The van der Waals surface area contributed by atoms with E-state index in [1.807, 2.05) is 0 Å². The van der Waals surface area contributed by atoms with Crippen LogP contribution in [0.3, 0.4) is 0 Å². The quantitative estimate of drug-likeness (QED) is 0.421. The highest BCUT2D eigenvalue weighted by Crippen LogP contribution is 2.40. The molecule has 0 bridgehead atoms. The second-order valence-corrected chi connectivity index (χ2v) is 7.06. The summed E-state index contributed by atoms with van der Waals surface area (Å²) in [6.45, 7) is 3.04. The lowest BCUT2D eigenvalue weighted by atomic mass is 10.0. The number of aryl methyl sites for hydroxylation is 2. The van der Waals surface area contributed by atoms with Crippen LogP contribution in [0.5, 0.6) is 0 Å². The number of rotatable bonds is 4. The third kappa shape index (κ3) is 2.53. The van der Waals surface area contributed by atoms with E-state index in [1.165, 1.54) is 25.7 Å². The maximum absolute atomic E-state index is 12.5. The molecule has 1 aromatic rings. The minimum atomic E-state index is -1.20. The fourth-order valence-electron chi connectivity index (χ4n) is 3.10. The molecule has 0 aliphatic carbocycles. The van der Waals surface area contributed by atoms with Gasteiger partial charge in [-0.05, 0) is 19.4 Å². The lowest BCUT2D eigenvalue weighted by molar-refractivity contribution is -0.385. The molecule has 0 radical (unpaired) electrons. The Labute approximate surface area is 151 Å². The van der Waals surface area contributed by atoms with Crippen molar-refractivity contribution < 1.29 is 24.4 Å². The van der Waals surface area contributed by atoms with E-state index < -0.39 is 39.8 Å². The Morgan fingerprint density at radius 1 is 1.42 bits per heavy atom. The van der Waals surface area contributed by atoms with Gasteiger partial charge in [0.15, 0.2) is 0 Å². The van der Waals surface area contributed by atoms with Crippen molar-refractivity contribution in [2.75, 3.05) is 5.75 Å². The number of carbonyl (C=O) groups is 3. The fraction of sp³-hybridized carbons (Fsp3) is 0.429. The van der Waals surface area contributed by atoms with Gasteiger partial charge in [-0.2, -0.15) is 5.10 Å². The van der Waals surface area contributed by atoms with Crippen molar-refractivity contribution in [3.05, 3.63) is 32.8 Å². The van der Waals surface area contributed by atoms with E-state index in [2.05, 4.69) is 10.4 Å². The summed E-state index contributed by atoms with van der Waals surface area (Å²) in [5.74, 6) is -2.16. The summed E-state index contributed by atoms with van der Waals surface area (Å²) in [4.78, 5) is 47.9. The minimum Gasteiger partial charge on any atom is -0.477 e. The number of nitrogens with zero attached hydrogens (tertiary/aromatic N) is 4. The van der Waals surface area contributed by atoms with E-state index in [0.717, 1.165) is 9.58 Å². The Bertz CT molecular complexity index is 891. The smallest absolute Gasteiger partial charge is 0.352 e. The lowest BCUT2D eigenvalue weighted by Crippen LogP contribution is -2.70. The topological polar surface area (TPSA) is 148 Å². The van der Waals surface area contributed by atoms with E-state index in [-0.39, 0.29) is 17.1 Å². The molecule has 11 nitrogen and oxygen atoms in total. The molecule has 12 heteroatoms. The van der Waals surface area contributed by atoms with Gasteiger partial charge in [0.2, 0.25) is 5.69 Å². The van der Waals surface area contributed by atoms with Gasteiger partial charge in [0.1, 0.15) is 22.8 Å². The van der Waals surface area contributed by atoms with Gasteiger partial charge in [-0.1, -0.05) is 0 Å². The van der Waals surface area contributed by atoms with Gasteiger partial charge in [-0.25, -0.2) is 4.79 Å². The SMILES string of the molecule is CC1=C(C(=O)O)N2C(=O)[C@H](NC(=O)c3c([N+](=O)[O-])c(C)nn3C)[C@@H]2SC1. The van der Waals surface area contributed by atoms with Crippen LogP contribution in [0.2, 0.25) is 0 Å². The van der Waals surface area contributed by atoms with Crippen molar-refractivity contribution in [2.45, 2.75) is 25.3 Å². The molecular weight excluding hydrogens is 366 g/mol. The van der Waals surface area contributed by atoms with Crippen LogP contribution in [-0.2, 0) is 16.6 Å². The molecule has 0 unspecified atom stereocenters. The largest absolute Gasteiger partial charge is 0.477 e. The highest BCUT2D eigenvalue weighted by atomic mass is 32.2. The van der Waals surface area contributed by atoms with Crippen LogP contribution in [0.4, 0.5) is 5.69 Å². The first-order valence-electron chi connectivity index (χ1n) is 7.51.